The summed E-state index contributed by atoms with van der Waals surface area (Å²) in [6.45, 7) is 7.71. The summed E-state index contributed by atoms with van der Waals surface area (Å²) in [6.07, 6.45) is 5.37. The first kappa shape index (κ1) is 17.7. The fourth-order valence-corrected chi connectivity index (χ4v) is 2.91. The number of hydrogen-bond acceptors (Lipinski definition) is 3. The Morgan fingerprint density at radius 3 is 2.12 bits per heavy atom. The Hall–Kier alpha value is -3.08. The number of anilines is 2. The summed E-state index contributed by atoms with van der Waals surface area (Å²) in [5.74, 6) is 0. The number of benzene rings is 3. The molecule has 0 radical (unpaired) electrons. The molecule has 0 saturated heterocycles. The molecule has 0 bridgehead atoms. The highest BCUT2D eigenvalue weighted by molar-refractivity contribution is 6.58. The fourth-order valence-electron chi connectivity index (χ4n) is 2.91. The molecule has 0 aliphatic rings. The fraction of sp³-hybridized carbons (Fsp3) is 0. The third-order valence-corrected chi connectivity index (χ3v) is 4.20. The minimum absolute atomic E-state index is 0.445. The van der Waals surface area contributed by atoms with Crippen molar-refractivity contribution in [3.63, 3.8) is 0 Å². The summed E-state index contributed by atoms with van der Waals surface area (Å²) in [5.41, 5.74) is 3.18. The Bertz CT molecular complexity index is 961. The second-order valence-corrected chi connectivity index (χ2v) is 5.86. The maximum atomic E-state index is 9.33. The van der Waals surface area contributed by atoms with E-state index in [2.05, 4.69) is 48.4 Å². The molecular weight excluding hydrogens is 321 g/mol. The van der Waals surface area contributed by atoms with E-state index in [9.17, 15) is 10.0 Å². The van der Waals surface area contributed by atoms with Gasteiger partial charge in [0.2, 0.25) is 0 Å². The van der Waals surface area contributed by atoms with Gasteiger partial charge >= 0.3 is 7.12 Å². The zero-order valence-electron chi connectivity index (χ0n) is 14.4. The van der Waals surface area contributed by atoms with Crippen LogP contribution in [0.15, 0.2) is 104 Å². The van der Waals surface area contributed by atoms with Crippen LogP contribution < -0.4 is 10.4 Å². The van der Waals surface area contributed by atoms with E-state index < -0.39 is 7.12 Å². The highest BCUT2D eigenvalue weighted by Gasteiger charge is 2.15. The van der Waals surface area contributed by atoms with Gasteiger partial charge in [0.25, 0.3) is 0 Å². The SMILES string of the molecule is C=C/C=C(\C=C)N(c1ccc(B(O)O)cc1)c1ccc2ccccc2c1. The largest absolute Gasteiger partial charge is 0.488 e. The topological polar surface area (TPSA) is 43.7 Å². The first-order valence-electron chi connectivity index (χ1n) is 8.34. The Labute approximate surface area is 154 Å². The Balaban J connectivity index is 2.14. The molecule has 0 atom stereocenters. The molecule has 0 aliphatic carbocycles. The van der Waals surface area contributed by atoms with Gasteiger partial charge in [-0.25, -0.2) is 0 Å². The van der Waals surface area contributed by atoms with Gasteiger partial charge in [0.05, 0.1) is 0 Å². The molecule has 0 fully saturated rings. The van der Waals surface area contributed by atoms with E-state index in [4.69, 9.17) is 0 Å². The van der Waals surface area contributed by atoms with Gasteiger partial charge in [0.15, 0.2) is 0 Å². The summed E-state index contributed by atoms with van der Waals surface area (Å²) in [6, 6.07) is 21.5. The molecule has 0 spiro atoms. The van der Waals surface area contributed by atoms with E-state index in [0.29, 0.717) is 5.46 Å². The molecule has 3 aromatic carbocycles. The van der Waals surface area contributed by atoms with Crippen LogP contribution in [0, 0.1) is 0 Å². The van der Waals surface area contributed by atoms with Gasteiger partial charge in [-0.1, -0.05) is 61.7 Å². The molecule has 2 N–H and O–H groups in total. The smallest absolute Gasteiger partial charge is 0.423 e. The normalized spacial score (nSPS) is 11.2. The summed E-state index contributed by atoms with van der Waals surface area (Å²) >= 11 is 0. The van der Waals surface area contributed by atoms with Crippen molar-refractivity contribution in [2.45, 2.75) is 0 Å². The molecule has 3 nitrogen and oxygen atoms in total. The monoisotopic (exact) mass is 341 g/mol. The summed E-state index contributed by atoms with van der Waals surface area (Å²) in [7, 11) is -1.49. The molecular formula is C22H20BNO2. The van der Waals surface area contributed by atoms with E-state index in [1.54, 1.807) is 24.3 Å². The lowest BCUT2D eigenvalue weighted by Gasteiger charge is -2.26. The summed E-state index contributed by atoms with van der Waals surface area (Å²) in [4.78, 5) is 2.05. The molecule has 128 valence electrons. The van der Waals surface area contributed by atoms with Crippen LogP contribution in [0.2, 0.25) is 0 Å². The molecule has 0 aromatic heterocycles. The summed E-state index contributed by atoms with van der Waals surface area (Å²) in [5, 5.41) is 21.0. The van der Waals surface area contributed by atoms with Crippen molar-refractivity contribution >= 4 is 34.7 Å². The van der Waals surface area contributed by atoms with Crippen molar-refractivity contribution in [2.24, 2.45) is 0 Å². The quantitative estimate of drug-likeness (QED) is 0.528. The maximum Gasteiger partial charge on any atom is 0.488 e. The van der Waals surface area contributed by atoms with Gasteiger partial charge in [-0.15, -0.1) is 0 Å². The first-order chi connectivity index (χ1) is 12.6. The maximum absolute atomic E-state index is 9.33. The standard InChI is InChI=1S/C22H20BNO2/c1-3-7-20(4-2)24(21-14-11-19(12-15-21)23(25)26)22-13-10-17-8-5-6-9-18(17)16-22/h3-16,25-26H,1-2H2/b20-7+. The number of hydrogen-bond donors (Lipinski definition) is 2. The molecule has 26 heavy (non-hydrogen) atoms. The van der Waals surface area contributed by atoms with E-state index in [-0.39, 0.29) is 0 Å². The second kappa shape index (κ2) is 7.87. The van der Waals surface area contributed by atoms with Crippen LogP contribution in [-0.2, 0) is 0 Å². The zero-order chi connectivity index (χ0) is 18.5. The van der Waals surface area contributed by atoms with Crippen molar-refractivity contribution < 1.29 is 10.0 Å². The lowest BCUT2D eigenvalue weighted by Crippen LogP contribution is -2.29. The molecule has 0 unspecified atom stereocenters. The number of allylic oxidation sites excluding steroid dienone is 3. The number of fused-ring (bicyclic) bond motifs is 1. The van der Waals surface area contributed by atoms with Gasteiger partial charge in [0.1, 0.15) is 0 Å². The van der Waals surface area contributed by atoms with Crippen molar-refractivity contribution in [3.8, 4) is 0 Å². The molecule has 0 aliphatic heterocycles. The average molecular weight is 341 g/mol. The van der Waals surface area contributed by atoms with Crippen molar-refractivity contribution in [3.05, 3.63) is 104 Å². The van der Waals surface area contributed by atoms with Gasteiger partial charge in [0, 0.05) is 17.1 Å². The van der Waals surface area contributed by atoms with Crippen LogP contribution in [-0.4, -0.2) is 17.2 Å². The van der Waals surface area contributed by atoms with Crippen LogP contribution in [0.1, 0.15) is 0 Å². The highest BCUT2D eigenvalue weighted by atomic mass is 16.4. The molecule has 3 rings (SSSR count). The van der Waals surface area contributed by atoms with Crippen LogP contribution in [0.4, 0.5) is 11.4 Å². The van der Waals surface area contributed by atoms with Crippen LogP contribution in [0.25, 0.3) is 10.8 Å². The molecule has 0 heterocycles. The Kier molecular flexibility index (Phi) is 5.37. The second-order valence-electron chi connectivity index (χ2n) is 5.86. The third kappa shape index (κ3) is 3.62. The van der Waals surface area contributed by atoms with Gasteiger partial charge in [-0.2, -0.15) is 0 Å². The molecule has 4 heteroatoms. The first-order valence-corrected chi connectivity index (χ1v) is 8.34. The van der Waals surface area contributed by atoms with Gasteiger partial charge in [-0.05, 0) is 52.7 Å². The van der Waals surface area contributed by atoms with E-state index in [0.717, 1.165) is 22.5 Å². The van der Waals surface area contributed by atoms with Crippen LogP contribution in [0.5, 0.6) is 0 Å². The third-order valence-electron chi connectivity index (χ3n) is 4.20. The number of rotatable bonds is 6. The lowest BCUT2D eigenvalue weighted by atomic mass is 9.80. The predicted molar refractivity (Wildman–Crippen MR) is 111 cm³/mol. The Morgan fingerprint density at radius 1 is 0.846 bits per heavy atom. The van der Waals surface area contributed by atoms with E-state index in [1.807, 2.05) is 30.3 Å². The van der Waals surface area contributed by atoms with E-state index in [1.165, 1.54) is 5.39 Å². The minimum Gasteiger partial charge on any atom is -0.423 e. The van der Waals surface area contributed by atoms with Gasteiger partial charge < -0.3 is 14.9 Å². The van der Waals surface area contributed by atoms with Gasteiger partial charge in [-0.3, -0.25) is 0 Å². The zero-order valence-corrected chi connectivity index (χ0v) is 14.4. The molecule has 0 amide bonds. The summed E-state index contributed by atoms with van der Waals surface area (Å²) < 4.78 is 0. The van der Waals surface area contributed by atoms with Crippen molar-refractivity contribution in [2.75, 3.05) is 4.90 Å². The van der Waals surface area contributed by atoms with E-state index >= 15 is 0 Å². The van der Waals surface area contributed by atoms with Crippen molar-refractivity contribution in [1.29, 1.82) is 0 Å². The van der Waals surface area contributed by atoms with Crippen LogP contribution in [0.3, 0.4) is 0 Å². The highest BCUT2D eigenvalue weighted by Crippen LogP contribution is 2.32. The van der Waals surface area contributed by atoms with Crippen molar-refractivity contribution in [1.82, 2.24) is 0 Å². The molecule has 0 saturated carbocycles. The van der Waals surface area contributed by atoms with Crippen LogP contribution >= 0.6 is 0 Å². The Morgan fingerprint density at radius 2 is 1.50 bits per heavy atom. The molecule has 3 aromatic rings. The lowest BCUT2D eigenvalue weighted by molar-refractivity contribution is 0.426. The predicted octanol–water partition coefficient (Wildman–Crippen LogP) is 3.91. The minimum atomic E-state index is -1.49. The average Bonchev–Trinajstić information content (AvgIpc) is 2.67. The number of nitrogens with zero attached hydrogens (tertiary/aromatic N) is 1.